The average molecular weight is 379 g/mol. The van der Waals surface area contributed by atoms with E-state index in [0.717, 1.165) is 11.1 Å². The first-order valence-corrected chi connectivity index (χ1v) is 8.85. The molecule has 6 heteroatoms. The molecule has 0 saturated heterocycles. The van der Waals surface area contributed by atoms with Crippen LogP contribution in [0.2, 0.25) is 0 Å². The maximum Gasteiger partial charge on any atom is 0.330 e. The number of esters is 1. The van der Waals surface area contributed by atoms with E-state index in [-0.39, 0.29) is 6.61 Å². The van der Waals surface area contributed by atoms with E-state index in [1.165, 1.54) is 13.2 Å². The summed E-state index contributed by atoms with van der Waals surface area (Å²) in [5.41, 5.74) is 2.38. The molecule has 0 radical (unpaired) electrons. The van der Waals surface area contributed by atoms with E-state index in [1.807, 2.05) is 43.3 Å². The van der Waals surface area contributed by atoms with Gasteiger partial charge in [-0.05, 0) is 42.8 Å². The third-order valence-electron chi connectivity index (χ3n) is 3.83. The van der Waals surface area contributed by atoms with Crippen LogP contribution >= 0.6 is 0 Å². The van der Waals surface area contributed by atoms with Crippen LogP contribution in [0.1, 0.15) is 18.2 Å². The molecule has 0 N–H and O–H groups in total. The van der Waals surface area contributed by atoms with Crippen molar-refractivity contribution in [3.63, 3.8) is 0 Å². The molecule has 1 heterocycles. The predicted molar refractivity (Wildman–Crippen MR) is 105 cm³/mol. The largest absolute Gasteiger partial charge is 0.490 e. The zero-order chi connectivity index (χ0) is 19.8. The van der Waals surface area contributed by atoms with E-state index in [9.17, 15) is 4.79 Å². The van der Waals surface area contributed by atoms with E-state index < -0.39 is 5.97 Å². The van der Waals surface area contributed by atoms with E-state index >= 15 is 0 Å². The van der Waals surface area contributed by atoms with Crippen LogP contribution in [0.15, 0.2) is 65.3 Å². The fourth-order valence-electron chi connectivity index (χ4n) is 2.49. The number of oxazole rings is 1. The third-order valence-corrected chi connectivity index (χ3v) is 3.83. The highest BCUT2D eigenvalue weighted by molar-refractivity contribution is 5.87. The highest BCUT2D eigenvalue weighted by Crippen LogP contribution is 2.30. The van der Waals surface area contributed by atoms with Crippen molar-refractivity contribution in [1.29, 1.82) is 0 Å². The lowest BCUT2D eigenvalue weighted by Gasteiger charge is -2.11. The number of hydrogen-bond acceptors (Lipinski definition) is 6. The molecule has 0 unspecified atom stereocenters. The highest BCUT2D eigenvalue weighted by atomic mass is 16.5. The van der Waals surface area contributed by atoms with Crippen molar-refractivity contribution < 1.29 is 23.4 Å². The van der Waals surface area contributed by atoms with Crippen LogP contribution in [0.5, 0.6) is 11.5 Å². The molecule has 28 heavy (non-hydrogen) atoms. The number of ether oxygens (including phenoxy) is 3. The summed E-state index contributed by atoms with van der Waals surface area (Å²) in [5, 5.41) is 0. The Morgan fingerprint density at radius 1 is 1.11 bits per heavy atom. The molecule has 144 valence electrons. The second-order valence-electron chi connectivity index (χ2n) is 5.79. The van der Waals surface area contributed by atoms with Crippen molar-refractivity contribution in [2.24, 2.45) is 0 Å². The zero-order valence-corrected chi connectivity index (χ0v) is 15.8. The van der Waals surface area contributed by atoms with E-state index in [0.29, 0.717) is 29.7 Å². The second-order valence-corrected chi connectivity index (χ2v) is 5.79. The Morgan fingerprint density at radius 2 is 1.93 bits per heavy atom. The molecule has 3 aromatic rings. The van der Waals surface area contributed by atoms with Gasteiger partial charge in [0.2, 0.25) is 5.89 Å². The van der Waals surface area contributed by atoms with E-state index in [2.05, 4.69) is 9.72 Å². The minimum atomic E-state index is -0.418. The van der Waals surface area contributed by atoms with Gasteiger partial charge in [-0.25, -0.2) is 9.78 Å². The Morgan fingerprint density at radius 3 is 2.68 bits per heavy atom. The van der Waals surface area contributed by atoms with Gasteiger partial charge < -0.3 is 18.6 Å². The normalized spacial score (nSPS) is 10.8. The molecular formula is C22H21NO5. The Kier molecular flexibility index (Phi) is 6.46. The molecule has 0 amide bonds. The van der Waals surface area contributed by atoms with E-state index in [1.54, 1.807) is 24.5 Å². The fourth-order valence-corrected chi connectivity index (χ4v) is 2.49. The van der Waals surface area contributed by atoms with Gasteiger partial charge in [-0.15, -0.1) is 0 Å². The summed E-state index contributed by atoms with van der Waals surface area (Å²) in [7, 11) is 1.34. The van der Waals surface area contributed by atoms with Gasteiger partial charge in [0.25, 0.3) is 0 Å². The summed E-state index contributed by atoms with van der Waals surface area (Å²) < 4.78 is 21.6. The van der Waals surface area contributed by atoms with Gasteiger partial charge in [0.15, 0.2) is 11.5 Å². The maximum absolute atomic E-state index is 11.2. The monoisotopic (exact) mass is 379 g/mol. The zero-order valence-electron chi connectivity index (χ0n) is 15.8. The lowest BCUT2D eigenvalue weighted by Crippen LogP contribution is -2.00. The standard InChI is InChI=1S/C22H21NO5/c1-3-26-20-13-16(10-12-21(24)25-2)9-11-19(20)27-14-18-15-28-22(23-18)17-7-5-4-6-8-17/h4-13,15H,3,14H2,1-2H3. The van der Waals surface area contributed by atoms with Crippen LogP contribution in [0.3, 0.4) is 0 Å². The Balaban J connectivity index is 1.70. The quantitative estimate of drug-likeness (QED) is 0.424. The summed E-state index contributed by atoms with van der Waals surface area (Å²) in [4.78, 5) is 15.7. The summed E-state index contributed by atoms with van der Waals surface area (Å²) in [6.45, 7) is 2.63. The maximum atomic E-state index is 11.2. The molecule has 2 aromatic carbocycles. The van der Waals surface area contributed by atoms with Crippen LogP contribution in [0.25, 0.3) is 17.5 Å². The minimum absolute atomic E-state index is 0.244. The molecule has 0 saturated carbocycles. The van der Waals surface area contributed by atoms with Crippen molar-refractivity contribution >= 4 is 12.0 Å². The van der Waals surface area contributed by atoms with Crippen molar-refractivity contribution in [1.82, 2.24) is 4.98 Å². The van der Waals surface area contributed by atoms with Crippen molar-refractivity contribution in [2.45, 2.75) is 13.5 Å². The average Bonchev–Trinajstić information content (AvgIpc) is 3.21. The van der Waals surface area contributed by atoms with Crippen LogP contribution in [0.4, 0.5) is 0 Å². The lowest BCUT2D eigenvalue weighted by atomic mass is 10.2. The first-order chi connectivity index (χ1) is 13.7. The molecule has 3 rings (SSSR count). The molecule has 0 spiro atoms. The number of rotatable bonds is 8. The SMILES string of the molecule is CCOc1cc(C=CC(=O)OC)ccc1OCc1coc(-c2ccccc2)n1. The lowest BCUT2D eigenvalue weighted by molar-refractivity contribution is -0.134. The molecule has 0 aliphatic heterocycles. The molecule has 0 bridgehead atoms. The molecule has 0 atom stereocenters. The van der Waals surface area contributed by atoms with Crippen molar-refractivity contribution in [2.75, 3.05) is 13.7 Å². The first-order valence-electron chi connectivity index (χ1n) is 8.85. The van der Waals surface area contributed by atoms with Crippen LogP contribution < -0.4 is 9.47 Å². The van der Waals surface area contributed by atoms with Gasteiger partial charge in [-0.3, -0.25) is 0 Å². The van der Waals surface area contributed by atoms with Gasteiger partial charge in [0, 0.05) is 11.6 Å². The van der Waals surface area contributed by atoms with Crippen molar-refractivity contribution in [3.05, 3.63) is 72.1 Å². The van der Waals surface area contributed by atoms with Gasteiger partial charge in [0.1, 0.15) is 18.6 Å². The van der Waals surface area contributed by atoms with Crippen LogP contribution in [0, 0.1) is 0 Å². The second kappa shape index (κ2) is 9.41. The van der Waals surface area contributed by atoms with Gasteiger partial charge in [-0.1, -0.05) is 24.3 Å². The molecule has 0 aliphatic carbocycles. The first kappa shape index (κ1) is 19.2. The third kappa shape index (κ3) is 5.01. The molecule has 0 fully saturated rings. The number of carbonyl (C=O) groups is 1. The molecule has 1 aromatic heterocycles. The molecule has 0 aliphatic rings. The topological polar surface area (TPSA) is 70.8 Å². The smallest absolute Gasteiger partial charge is 0.330 e. The van der Waals surface area contributed by atoms with Crippen LogP contribution in [-0.4, -0.2) is 24.7 Å². The number of benzene rings is 2. The Labute approximate surface area is 163 Å². The number of carbonyl (C=O) groups excluding carboxylic acids is 1. The highest BCUT2D eigenvalue weighted by Gasteiger charge is 2.10. The molecule has 6 nitrogen and oxygen atoms in total. The van der Waals surface area contributed by atoms with Crippen LogP contribution in [-0.2, 0) is 16.1 Å². The Hall–Kier alpha value is -3.54. The van der Waals surface area contributed by atoms with Crippen molar-refractivity contribution in [3.8, 4) is 23.0 Å². The fraction of sp³-hybridized carbons (Fsp3) is 0.182. The van der Waals surface area contributed by atoms with Gasteiger partial charge >= 0.3 is 5.97 Å². The summed E-state index contributed by atoms with van der Waals surface area (Å²) >= 11 is 0. The summed E-state index contributed by atoms with van der Waals surface area (Å²) in [6, 6.07) is 15.1. The Bertz CT molecular complexity index is 947. The number of aromatic nitrogens is 1. The summed E-state index contributed by atoms with van der Waals surface area (Å²) in [5.74, 6) is 1.30. The molecular weight excluding hydrogens is 358 g/mol. The van der Waals surface area contributed by atoms with Gasteiger partial charge in [0.05, 0.1) is 13.7 Å². The number of hydrogen-bond donors (Lipinski definition) is 0. The number of nitrogens with zero attached hydrogens (tertiary/aromatic N) is 1. The predicted octanol–water partition coefficient (Wildman–Crippen LogP) is 4.51. The summed E-state index contributed by atoms with van der Waals surface area (Å²) in [6.07, 6.45) is 4.59. The minimum Gasteiger partial charge on any atom is -0.490 e. The van der Waals surface area contributed by atoms with Gasteiger partial charge in [-0.2, -0.15) is 0 Å². The number of methoxy groups -OCH3 is 1. The van der Waals surface area contributed by atoms with E-state index in [4.69, 9.17) is 13.9 Å².